The molecular weight excluding hydrogens is 339 g/mol. The van der Waals surface area contributed by atoms with Crippen LogP contribution in [-0.2, 0) is 4.74 Å². The molecule has 0 saturated carbocycles. The third-order valence-corrected chi connectivity index (χ3v) is 4.99. The number of nitrogens with zero attached hydrogens (tertiary/aromatic N) is 2. The number of aromatic nitrogens is 1. The second kappa shape index (κ2) is 7.12. The number of benzene rings is 1. The van der Waals surface area contributed by atoms with Gasteiger partial charge in [-0.1, -0.05) is 0 Å². The van der Waals surface area contributed by atoms with Gasteiger partial charge in [0.05, 0.1) is 11.7 Å². The zero-order valence-electron chi connectivity index (χ0n) is 14.8. The summed E-state index contributed by atoms with van der Waals surface area (Å²) in [4.78, 5) is 19.0. The Bertz CT molecular complexity index is 737. The van der Waals surface area contributed by atoms with Gasteiger partial charge in [0, 0.05) is 17.5 Å². The minimum absolute atomic E-state index is 0.0611. The molecule has 134 valence electrons. The van der Waals surface area contributed by atoms with Crippen molar-refractivity contribution in [3.05, 3.63) is 41.2 Å². The van der Waals surface area contributed by atoms with Crippen LogP contribution in [-0.4, -0.2) is 28.1 Å². The molecule has 1 aliphatic heterocycles. The summed E-state index contributed by atoms with van der Waals surface area (Å²) in [7, 11) is 0. The van der Waals surface area contributed by atoms with Crippen molar-refractivity contribution >= 4 is 17.4 Å². The summed E-state index contributed by atoms with van der Waals surface area (Å²) in [5.74, 6) is -0.260. The minimum Gasteiger partial charge on any atom is -0.444 e. The summed E-state index contributed by atoms with van der Waals surface area (Å²) in [6.07, 6.45) is 2.64. The van der Waals surface area contributed by atoms with Gasteiger partial charge in [-0.25, -0.2) is 14.2 Å². The van der Waals surface area contributed by atoms with Crippen molar-refractivity contribution in [2.24, 2.45) is 0 Å². The smallest absolute Gasteiger partial charge is 0.410 e. The largest absolute Gasteiger partial charge is 0.444 e. The monoisotopic (exact) mass is 362 g/mol. The zero-order valence-corrected chi connectivity index (χ0v) is 15.6. The molecule has 2 aromatic rings. The maximum absolute atomic E-state index is 13.1. The molecule has 2 heterocycles. The fourth-order valence-electron chi connectivity index (χ4n) is 2.94. The van der Waals surface area contributed by atoms with Crippen LogP contribution < -0.4 is 0 Å². The van der Waals surface area contributed by atoms with E-state index in [-0.39, 0.29) is 18.0 Å². The highest BCUT2D eigenvalue weighted by Crippen LogP contribution is 2.35. The van der Waals surface area contributed by atoms with Crippen LogP contribution in [0, 0.1) is 5.82 Å². The van der Waals surface area contributed by atoms with E-state index in [4.69, 9.17) is 9.72 Å². The molecule has 25 heavy (non-hydrogen) atoms. The normalized spacial score (nSPS) is 18.2. The van der Waals surface area contributed by atoms with Gasteiger partial charge < -0.3 is 4.74 Å². The van der Waals surface area contributed by atoms with E-state index in [0.29, 0.717) is 6.54 Å². The summed E-state index contributed by atoms with van der Waals surface area (Å²) in [5.41, 5.74) is 1.26. The van der Waals surface area contributed by atoms with Crippen LogP contribution in [0.2, 0.25) is 0 Å². The Morgan fingerprint density at radius 1 is 1.28 bits per heavy atom. The number of rotatable bonds is 2. The fraction of sp³-hybridized carbons (Fsp3) is 0.474. The Hall–Kier alpha value is -1.95. The first kappa shape index (κ1) is 17.9. The number of carbonyl (C=O) groups is 1. The van der Waals surface area contributed by atoms with E-state index in [1.54, 1.807) is 17.0 Å². The van der Waals surface area contributed by atoms with Crippen LogP contribution in [0.3, 0.4) is 0 Å². The van der Waals surface area contributed by atoms with Crippen LogP contribution >= 0.6 is 11.3 Å². The van der Waals surface area contributed by atoms with E-state index in [1.165, 1.54) is 23.5 Å². The van der Waals surface area contributed by atoms with E-state index in [9.17, 15) is 9.18 Å². The van der Waals surface area contributed by atoms with Gasteiger partial charge in [0.25, 0.3) is 0 Å². The van der Waals surface area contributed by atoms with Gasteiger partial charge in [-0.3, -0.25) is 4.90 Å². The summed E-state index contributed by atoms with van der Waals surface area (Å²) < 4.78 is 18.7. The topological polar surface area (TPSA) is 42.4 Å². The highest BCUT2D eigenvalue weighted by molar-refractivity contribution is 7.13. The van der Waals surface area contributed by atoms with Gasteiger partial charge in [-0.05, 0) is 64.3 Å². The van der Waals surface area contributed by atoms with Crippen molar-refractivity contribution < 1.29 is 13.9 Å². The molecular formula is C19H23FN2O2S. The molecule has 1 atom stereocenters. The number of piperidine rings is 1. The number of thiazole rings is 1. The van der Waals surface area contributed by atoms with E-state index >= 15 is 0 Å². The average Bonchev–Trinajstić information content (AvgIpc) is 3.04. The van der Waals surface area contributed by atoms with Crippen molar-refractivity contribution in [2.45, 2.75) is 51.7 Å². The average molecular weight is 362 g/mol. The predicted octanol–water partition coefficient (Wildman–Crippen LogP) is 5.41. The Morgan fingerprint density at radius 2 is 2.00 bits per heavy atom. The van der Waals surface area contributed by atoms with E-state index < -0.39 is 5.60 Å². The molecule has 1 amide bonds. The third-order valence-electron chi connectivity index (χ3n) is 4.09. The highest BCUT2D eigenvalue weighted by Gasteiger charge is 2.32. The lowest BCUT2D eigenvalue weighted by molar-refractivity contribution is 0.00908. The molecule has 0 unspecified atom stereocenters. The first-order valence-electron chi connectivity index (χ1n) is 8.54. The predicted molar refractivity (Wildman–Crippen MR) is 97.0 cm³/mol. The number of carbonyl (C=O) groups excluding carboxylic acids is 1. The maximum Gasteiger partial charge on any atom is 0.410 e. The van der Waals surface area contributed by atoms with Gasteiger partial charge in [-0.15, -0.1) is 11.3 Å². The number of hydrogen-bond acceptors (Lipinski definition) is 4. The van der Waals surface area contributed by atoms with Crippen molar-refractivity contribution in [1.29, 1.82) is 0 Å². The number of ether oxygens (including phenoxy) is 1. The number of halogens is 1. The van der Waals surface area contributed by atoms with Crippen LogP contribution in [0.4, 0.5) is 9.18 Å². The van der Waals surface area contributed by atoms with Crippen molar-refractivity contribution in [3.8, 4) is 10.6 Å². The lowest BCUT2D eigenvalue weighted by atomic mass is 10.0. The maximum atomic E-state index is 13.1. The molecule has 1 fully saturated rings. The van der Waals surface area contributed by atoms with Gasteiger partial charge in [0.15, 0.2) is 0 Å². The van der Waals surface area contributed by atoms with E-state index in [1.807, 2.05) is 26.2 Å². The molecule has 0 spiro atoms. The SMILES string of the molecule is CC(C)(C)OC(=O)N1CCCC[C@@H]1c1csc(-c2ccc(F)cc2)n1. The molecule has 0 aliphatic carbocycles. The third kappa shape index (κ3) is 4.37. The van der Waals surface area contributed by atoms with Crippen LogP contribution in [0.1, 0.15) is 51.8 Å². The second-order valence-corrected chi connectivity index (χ2v) is 8.13. The molecule has 1 aromatic carbocycles. The molecule has 3 rings (SSSR count). The molecule has 0 radical (unpaired) electrons. The molecule has 0 bridgehead atoms. The zero-order chi connectivity index (χ0) is 18.0. The van der Waals surface area contributed by atoms with Crippen molar-refractivity contribution in [2.75, 3.05) is 6.54 Å². The van der Waals surface area contributed by atoms with Gasteiger partial charge in [0.2, 0.25) is 0 Å². The molecule has 1 saturated heterocycles. The Labute approximate surface area is 151 Å². The summed E-state index contributed by atoms with van der Waals surface area (Å²) in [6.45, 7) is 6.31. The van der Waals surface area contributed by atoms with E-state index in [0.717, 1.165) is 35.5 Å². The van der Waals surface area contributed by atoms with E-state index in [2.05, 4.69) is 0 Å². The van der Waals surface area contributed by atoms with Gasteiger partial charge in [0.1, 0.15) is 16.4 Å². The first-order chi connectivity index (χ1) is 11.8. The second-order valence-electron chi connectivity index (χ2n) is 7.27. The lowest BCUT2D eigenvalue weighted by Gasteiger charge is -2.36. The summed E-state index contributed by atoms with van der Waals surface area (Å²) in [5, 5.41) is 2.83. The number of amides is 1. The van der Waals surface area contributed by atoms with Crippen molar-refractivity contribution in [1.82, 2.24) is 9.88 Å². The molecule has 0 N–H and O–H groups in total. The summed E-state index contributed by atoms with van der Waals surface area (Å²) in [6, 6.07) is 6.26. The quantitative estimate of drug-likeness (QED) is 0.717. The Morgan fingerprint density at radius 3 is 2.68 bits per heavy atom. The van der Waals surface area contributed by atoms with Gasteiger partial charge >= 0.3 is 6.09 Å². The molecule has 1 aliphatic rings. The number of hydrogen-bond donors (Lipinski definition) is 0. The number of likely N-dealkylation sites (tertiary alicyclic amines) is 1. The molecule has 4 nitrogen and oxygen atoms in total. The lowest BCUT2D eigenvalue weighted by Crippen LogP contribution is -2.42. The van der Waals surface area contributed by atoms with Gasteiger partial charge in [-0.2, -0.15) is 0 Å². The Balaban J connectivity index is 1.81. The highest BCUT2D eigenvalue weighted by atomic mass is 32.1. The van der Waals surface area contributed by atoms with Crippen LogP contribution in [0.15, 0.2) is 29.6 Å². The Kier molecular flexibility index (Phi) is 5.08. The van der Waals surface area contributed by atoms with Crippen LogP contribution in [0.25, 0.3) is 10.6 Å². The standard InChI is InChI=1S/C19H23FN2O2S/c1-19(2,3)24-18(23)22-11-5-4-6-16(22)15-12-25-17(21-15)13-7-9-14(20)10-8-13/h7-10,12,16H,4-6,11H2,1-3H3/t16-/m1/s1. The molecule has 6 heteroatoms. The molecule has 1 aromatic heterocycles. The fourth-order valence-corrected chi connectivity index (χ4v) is 3.81. The summed E-state index contributed by atoms with van der Waals surface area (Å²) >= 11 is 1.52. The minimum atomic E-state index is -0.513. The van der Waals surface area contributed by atoms with Crippen molar-refractivity contribution in [3.63, 3.8) is 0 Å². The first-order valence-corrected chi connectivity index (χ1v) is 9.42. The van der Waals surface area contributed by atoms with Crippen LogP contribution in [0.5, 0.6) is 0 Å².